The van der Waals surface area contributed by atoms with E-state index in [4.69, 9.17) is 11.6 Å². The summed E-state index contributed by atoms with van der Waals surface area (Å²) in [5, 5.41) is 3.98. The first-order valence-corrected chi connectivity index (χ1v) is 6.74. The van der Waals surface area contributed by atoms with E-state index >= 15 is 0 Å². The summed E-state index contributed by atoms with van der Waals surface area (Å²) >= 11 is 5.75. The van der Waals surface area contributed by atoms with Crippen LogP contribution >= 0.6 is 11.6 Å². The van der Waals surface area contributed by atoms with Gasteiger partial charge in [-0.3, -0.25) is 0 Å². The van der Waals surface area contributed by atoms with Crippen LogP contribution in [-0.2, 0) is 6.42 Å². The van der Waals surface area contributed by atoms with Crippen LogP contribution in [0.3, 0.4) is 0 Å². The van der Waals surface area contributed by atoms with Crippen LogP contribution in [0.1, 0.15) is 31.7 Å². The summed E-state index contributed by atoms with van der Waals surface area (Å²) in [6.45, 7) is 3.15. The number of rotatable bonds is 6. The van der Waals surface area contributed by atoms with Gasteiger partial charge in [-0.05, 0) is 49.4 Å². The number of hydrogen-bond acceptors (Lipinski definition) is 1. The lowest BCUT2D eigenvalue weighted by Gasteiger charge is -2.16. The van der Waals surface area contributed by atoms with E-state index in [9.17, 15) is 4.39 Å². The normalized spacial score (nSPS) is 17.1. The third-order valence-electron chi connectivity index (χ3n) is 3.37. The molecule has 0 heterocycles. The Morgan fingerprint density at radius 1 is 1.47 bits per heavy atom. The van der Waals surface area contributed by atoms with E-state index < -0.39 is 0 Å². The number of hydrogen-bond donors (Lipinski definition) is 1. The van der Waals surface area contributed by atoms with Gasteiger partial charge in [0.25, 0.3) is 0 Å². The van der Waals surface area contributed by atoms with Crippen molar-refractivity contribution in [3.8, 4) is 0 Å². The maximum Gasteiger partial charge on any atom is 0.127 e. The minimum absolute atomic E-state index is 0.178. The third kappa shape index (κ3) is 3.97. The zero-order chi connectivity index (χ0) is 12.3. The molecule has 2 rings (SSSR count). The predicted molar refractivity (Wildman–Crippen MR) is 69.9 cm³/mol. The van der Waals surface area contributed by atoms with Crippen LogP contribution < -0.4 is 5.32 Å². The fourth-order valence-electron chi connectivity index (χ4n) is 1.98. The molecule has 0 spiro atoms. The zero-order valence-corrected chi connectivity index (χ0v) is 10.9. The molecule has 1 nitrogen and oxygen atoms in total. The van der Waals surface area contributed by atoms with Crippen LogP contribution in [0.25, 0.3) is 0 Å². The van der Waals surface area contributed by atoms with E-state index in [-0.39, 0.29) is 5.82 Å². The second-order valence-corrected chi connectivity index (χ2v) is 5.33. The Morgan fingerprint density at radius 3 is 2.82 bits per heavy atom. The van der Waals surface area contributed by atoms with Gasteiger partial charge in [0.1, 0.15) is 5.82 Å². The highest BCUT2D eigenvalue weighted by atomic mass is 35.5. The molecule has 1 aliphatic rings. The number of halogens is 2. The largest absolute Gasteiger partial charge is 0.314 e. The van der Waals surface area contributed by atoms with Crippen molar-refractivity contribution >= 4 is 11.6 Å². The van der Waals surface area contributed by atoms with Gasteiger partial charge in [0.05, 0.1) is 0 Å². The lowest BCUT2D eigenvalue weighted by molar-refractivity contribution is 0.449. The van der Waals surface area contributed by atoms with E-state index in [1.807, 2.05) is 0 Å². The summed E-state index contributed by atoms with van der Waals surface area (Å²) in [5.41, 5.74) is 0.777. The van der Waals surface area contributed by atoms with Gasteiger partial charge in [-0.25, -0.2) is 4.39 Å². The van der Waals surface area contributed by atoms with Crippen LogP contribution in [0.15, 0.2) is 18.2 Å². The van der Waals surface area contributed by atoms with Crippen LogP contribution in [0.5, 0.6) is 0 Å². The second kappa shape index (κ2) is 5.83. The van der Waals surface area contributed by atoms with Gasteiger partial charge in [0.15, 0.2) is 0 Å². The molecular formula is C14H19ClFN. The van der Waals surface area contributed by atoms with Crippen molar-refractivity contribution in [2.24, 2.45) is 5.92 Å². The minimum atomic E-state index is -0.178. The maximum atomic E-state index is 13.7. The molecule has 0 amide bonds. The van der Waals surface area contributed by atoms with Crippen molar-refractivity contribution in [1.29, 1.82) is 0 Å². The number of benzene rings is 1. The molecule has 0 aliphatic heterocycles. The number of nitrogens with one attached hydrogen (secondary N) is 1. The van der Waals surface area contributed by atoms with Gasteiger partial charge in [-0.1, -0.05) is 31.0 Å². The average Bonchev–Trinajstić information content (AvgIpc) is 3.11. The fourth-order valence-corrected chi connectivity index (χ4v) is 2.14. The Kier molecular flexibility index (Phi) is 4.41. The van der Waals surface area contributed by atoms with Crippen molar-refractivity contribution in [2.75, 3.05) is 6.54 Å². The molecule has 1 aromatic rings. The molecule has 1 saturated carbocycles. The summed E-state index contributed by atoms with van der Waals surface area (Å²) in [6, 6.07) is 5.69. The summed E-state index contributed by atoms with van der Waals surface area (Å²) in [6.07, 6.45) is 4.46. The lowest BCUT2D eigenvalue weighted by atomic mass is 9.96. The molecule has 3 heteroatoms. The van der Waals surface area contributed by atoms with Gasteiger partial charge in [-0.15, -0.1) is 0 Å². The summed E-state index contributed by atoms with van der Waals surface area (Å²) in [5.74, 6) is 0.327. The summed E-state index contributed by atoms with van der Waals surface area (Å²) < 4.78 is 13.7. The summed E-state index contributed by atoms with van der Waals surface area (Å²) in [7, 11) is 0. The topological polar surface area (TPSA) is 12.0 Å². The fraction of sp³-hybridized carbons (Fsp3) is 0.571. The Morgan fingerprint density at radius 2 is 2.24 bits per heavy atom. The molecule has 17 heavy (non-hydrogen) atoms. The molecule has 1 N–H and O–H groups in total. The van der Waals surface area contributed by atoms with Crippen LogP contribution in [0.2, 0.25) is 5.02 Å². The van der Waals surface area contributed by atoms with Crippen LogP contribution in [0, 0.1) is 11.7 Å². The van der Waals surface area contributed by atoms with Gasteiger partial charge >= 0.3 is 0 Å². The Bertz CT molecular complexity index is 376. The lowest BCUT2D eigenvalue weighted by Crippen LogP contribution is -2.25. The first-order valence-electron chi connectivity index (χ1n) is 6.36. The molecule has 1 fully saturated rings. The molecule has 0 saturated heterocycles. The molecule has 1 unspecified atom stereocenters. The minimum Gasteiger partial charge on any atom is -0.314 e. The molecule has 0 aromatic heterocycles. The van der Waals surface area contributed by atoms with Crippen LogP contribution in [0.4, 0.5) is 4.39 Å². The maximum absolute atomic E-state index is 13.7. The van der Waals surface area contributed by atoms with Crippen molar-refractivity contribution in [3.63, 3.8) is 0 Å². The molecule has 1 atom stereocenters. The Labute approximate surface area is 107 Å². The van der Waals surface area contributed by atoms with E-state index in [2.05, 4.69) is 12.2 Å². The Balaban J connectivity index is 1.91. The van der Waals surface area contributed by atoms with E-state index in [0.717, 1.165) is 31.0 Å². The van der Waals surface area contributed by atoms with Crippen molar-refractivity contribution in [1.82, 2.24) is 5.32 Å². The molecular weight excluding hydrogens is 237 g/mol. The van der Waals surface area contributed by atoms with Gasteiger partial charge < -0.3 is 5.32 Å². The molecule has 0 bridgehead atoms. The van der Waals surface area contributed by atoms with E-state index in [1.54, 1.807) is 12.1 Å². The predicted octanol–water partition coefficient (Wildman–Crippen LogP) is 3.80. The SMILES string of the molecule is CCC(CNC1CC1)Cc1ccc(Cl)cc1F. The van der Waals surface area contributed by atoms with Crippen molar-refractivity contribution < 1.29 is 4.39 Å². The van der Waals surface area contributed by atoms with E-state index in [0.29, 0.717) is 10.9 Å². The van der Waals surface area contributed by atoms with Crippen molar-refractivity contribution in [2.45, 2.75) is 38.6 Å². The molecule has 1 aromatic carbocycles. The molecule has 1 aliphatic carbocycles. The zero-order valence-electron chi connectivity index (χ0n) is 10.2. The molecule has 94 valence electrons. The summed E-state index contributed by atoms with van der Waals surface area (Å²) in [4.78, 5) is 0. The van der Waals surface area contributed by atoms with Gasteiger partial charge in [0.2, 0.25) is 0 Å². The van der Waals surface area contributed by atoms with Gasteiger partial charge in [0, 0.05) is 11.1 Å². The van der Waals surface area contributed by atoms with E-state index in [1.165, 1.54) is 18.9 Å². The standard InChI is InChI=1S/C14H19ClFN/c1-2-10(9-17-13-5-6-13)7-11-3-4-12(15)8-14(11)16/h3-4,8,10,13,17H,2,5-7,9H2,1H3. The highest BCUT2D eigenvalue weighted by Gasteiger charge is 2.21. The highest BCUT2D eigenvalue weighted by Crippen LogP contribution is 2.22. The first-order chi connectivity index (χ1) is 8.19. The molecule has 0 radical (unpaired) electrons. The second-order valence-electron chi connectivity index (χ2n) is 4.90. The van der Waals surface area contributed by atoms with Crippen LogP contribution in [-0.4, -0.2) is 12.6 Å². The smallest absolute Gasteiger partial charge is 0.127 e. The monoisotopic (exact) mass is 255 g/mol. The quantitative estimate of drug-likeness (QED) is 0.815. The van der Waals surface area contributed by atoms with Gasteiger partial charge in [-0.2, -0.15) is 0 Å². The highest BCUT2D eigenvalue weighted by molar-refractivity contribution is 6.30. The average molecular weight is 256 g/mol. The Hall–Kier alpha value is -0.600. The van der Waals surface area contributed by atoms with Crippen molar-refractivity contribution in [3.05, 3.63) is 34.6 Å². The third-order valence-corrected chi connectivity index (χ3v) is 3.61. The first kappa shape index (κ1) is 12.8.